The summed E-state index contributed by atoms with van der Waals surface area (Å²) in [4.78, 5) is 26.2. The number of fused-ring (bicyclic) bond motifs is 1. The number of thiophene rings is 1. The van der Waals surface area contributed by atoms with Crippen LogP contribution in [0.1, 0.15) is 66.9 Å². The number of nitrogens with one attached hydrogen (secondary N) is 2. The Morgan fingerprint density at radius 2 is 1.87 bits per heavy atom. The second kappa shape index (κ2) is 8.65. The van der Waals surface area contributed by atoms with Gasteiger partial charge in [-0.1, -0.05) is 33.8 Å². The van der Waals surface area contributed by atoms with Crippen LogP contribution in [-0.2, 0) is 23.8 Å². The first kappa shape index (κ1) is 23.3. The number of carbonyl (C=O) groups is 2. The van der Waals surface area contributed by atoms with Crippen LogP contribution in [0, 0.1) is 11.3 Å². The van der Waals surface area contributed by atoms with Crippen LogP contribution in [0.4, 0.5) is 23.9 Å². The van der Waals surface area contributed by atoms with Crippen molar-refractivity contribution < 1.29 is 22.8 Å². The average molecular weight is 453 g/mol. The van der Waals surface area contributed by atoms with Crippen molar-refractivity contribution >= 4 is 33.8 Å². The Morgan fingerprint density at radius 1 is 1.16 bits per heavy atom. The van der Waals surface area contributed by atoms with Gasteiger partial charge >= 0.3 is 6.18 Å². The first-order chi connectivity index (χ1) is 14.4. The van der Waals surface area contributed by atoms with E-state index in [0.717, 1.165) is 35.4 Å². The Labute approximate surface area is 184 Å². The molecule has 0 saturated heterocycles. The predicted molar refractivity (Wildman–Crippen MR) is 118 cm³/mol. The van der Waals surface area contributed by atoms with Gasteiger partial charge in [-0.25, -0.2) is 0 Å². The lowest BCUT2D eigenvalue weighted by molar-refractivity contribution is -0.137. The lowest BCUT2D eigenvalue weighted by Gasteiger charge is -2.33. The van der Waals surface area contributed by atoms with Gasteiger partial charge in [0, 0.05) is 17.0 Å². The van der Waals surface area contributed by atoms with Crippen molar-refractivity contribution in [2.45, 2.75) is 59.6 Å². The van der Waals surface area contributed by atoms with E-state index in [9.17, 15) is 22.8 Å². The van der Waals surface area contributed by atoms with Gasteiger partial charge in [-0.3, -0.25) is 9.59 Å². The number of anilines is 2. The zero-order valence-electron chi connectivity index (χ0n) is 18.1. The minimum absolute atomic E-state index is 0.0657. The Bertz CT molecular complexity index is 990. The molecule has 0 radical (unpaired) electrons. The van der Waals surface area contributed by atoms with Gasteiger partial charge in [0.05, 0.1) is 11.1 Å². The number of alkyl halides is 3. The summed E-state index contributed by atoms with van der Waals surface area (Å²) in [5.74, 6) is -0.260. The first-order valence-corrected chi connectivity index (χ1v) is 11.1. The standard InChI is InChI=1S/C23H27F3N2O2S/c1-5-18(29)28-21-19(16-10-9-13(22(2,3)4)12-17(16)31-21)20(30)27-15-8-6-7-14(11-15)23(24,25)26/h6-8,11,13H,5,9-10,12H2,1-4H3,(H,27,30)(H,28,29). The van der Waals surface area contributed by atoms with Gasteiger partial charge in [0.2, 0.25) is 5.91 Å². The largest absolute Gasteiger partial charge is 0.416 e. The molecule has 1 atom stereocenters. The fourth-order valence-corrected chi connectivity index (χ4v) is 5.18. The molecule has 2 amide bonds. The molecule has 1 heterocycles. The maximum absolute atomic E-state index is 13.1. The average Bonchev–Trinajstić information content (AvgIpc) is 3.03. The number of hydrogen-bond acceptors (Lipinski definition) is 3. The number of benzene rings is 1. The molecule has 3 rings (SSSR count). The van der Waals surface area contributed by atoms with Crippen LogP contribution in [0.15, 0.2) is 24.3 Å². The van der Waals surface area contributed by atoms with Gasteiger partial charge in [-0.05, 0) is 54.4 Å². The van der Waals surface area contributed by atoms with E-state index in [0.29, 0.717) is 22.9 Å². The molecule has 4 nitrogen and oxygen atoms in total. The molecule has 31 heavy (non-hydrogen) atoms. The Kier molecular flexibility index (Phi) is 6.51. The van der Waals surface area contributed by atoms with E-state index in [-0.39, 0.29) is 23.4 Å². The summed E-state index contributed by atoms with van der Waals surface area (Å²) < 4.78 is 39.1. The van der Waals surface area contributed by atoms with Crippen molar-refractivity contribution in [3.05, 3.63) is 45.8 Å². The second-order valence-electron chi connectivity index (χ2n) is 8.95. The molecule has 1 unspecified atom stereocenters. The number of amides is 2. The highest BCUT2D eigenvalue weighted by Gasteiger charge is 2.34. The Morgan fingerprint density at radius 3 is 2.48 bits per heavy atom. The second-order valence-corrected chi connectivity index (χ2v) is 10.1. The van der Waals surface area contributed by atoms with E-state index in [1.807, 2.05) is 0 Å². The van der Waals surface area contributed by atoms with Crippen LogP contribution in [0.2, 0.25) is 0 Å². The molecule has 1 aromatic carbocycles. The molecular weight excluding hydrogens is 425 g/mol. The van der Waals surface area contributed by atoms with Crippen molar-refractivity contribution in [2.75, 3.05) is 10.6 Å². The zero-order valence-corrected chi connectivity index (χ0v) is 18.9. The van der Waals surface area contributed by atoms with Gasteiger partial charge < -0.3 is 10.6 Å². The first-order valence-electron chi connectivity index (χ1n) is 10.3. The minimum Gasteiger partial charge on any atom is -0.322 e. The summed E-state index contributed by atoms with van der Waals surface area (Å²) in [6, 6.07) is 4.55. The summed E-state index contributed by atoms with van der Waals surface area (Å²) in [5, 5.41) is 5.88. The van der Waals surface area contributed by atoms with E-state index in [1.165, 1.54) is 23.5 Å². The Hall–Kier alpha value is -2.35. The van der Waals surface area contributed by atoms with Gasteiger partial charge in [0.1, 0.15) is 5.00 Å². The topological polar surface area (TPSA) is 58.2 Å². The molecule has 1 aromatic heterocycles. The summed E-state index contributed by atoms with van der Waals surface area (Å²) in [7, 11) is 0. The zero-order chi connectivity index (χ0) is 23.0. The molecule has 0 spiro atoms. The van der Waals surface area contributed by atoms with E-state index in [2.05, 4.69) is 31.4 Å². The highest BCUT2D eigenvalue weighted by molar-refractivity contribution is 7.17. The van der Waals surface area contributed by atoms with Crippen LogP contribution in [0.3, 0.4) is 0 Å². The summed E-state index contributed by atoms with van der Waals surface area (Å²) >= 11 is 1.40. The molecule has 1 aliphatic carbocycles. The van der Waals surface area contributed by atoms with Gasteiger partial charge in [-0.15, -0.1) is 11.3 Å². The molecule has 2 aromatic rings. The molecule has 0 fully saturated rings. The molecular formula is C23H27F3N2O2S. The van der Waals surface area contributed by atoms with Gasteiger partial charge in [0.15, 0.2) is 0 Å². The number of rotatable bonds is 4. The SMILES string of the molecule is CCC(=O)Nc1sc2c(c1C(=O)Nc1cccc(C(F)(F)F)c1)CCC(C(C)(C)C)C2. The predicted octanol–water partition coefficient (Wildman–Crippen LogP) is 6.52. The highest BCUT2D eigenvalue weighted by atomic mass is 32.1. The molecule has 8 heteroatoms. The van der Waals surface area contributed by atoms with Crippen molar-refractivity contribution in [1.29, 1.82) is 0 Å². The third-order valence-corrected chi connectivity index (χ3v) is 6.91. The molecule has 2 N–H and O–H groups in total. The number of hydrogen-bond donors (Lipinski definition) is 2. The molecule has 0 aliphatic heterocycles. The van der Waals surface area contributed by atoms with Crippen LogP contribution < -0.4 is 10.6 Å². The summed E-state index contributed by atoms with van der Waals surface area (Å²) in [6.07, 6.45) is -1.80. The normalized spacial score (nSPS) is 16.5. The van der Waals surface area contributed by atoms with Gasteiger partial charge in [-0.2, -0.15) is 13.2 Å². The Balaban J connectivity index is 1.95. The monoisotopic (exact) mass is 452 g/mol. The third kappa shape index (κ3) is 5.29. The maximum Gasteiger partial charge on any atom is 0.416 e. The molecule has 0 saturated carbocycles. The number of carbonyl (C=O) groups excluding carboxylic acids is 2. The van der Waals surface area contributed by atoms with Gasteiger partial charge in [0.25, 0.3) is 5.91 Å². The number of halogens is 3. The quantitative estimate of drug-likeness (QED) is 0.555. The molecule has 168 valence electrons. The van der Waals surface area contributed by atoms with Crippen molar-refractivity contribution in [2.24, 2.45) is 11.3 Å². The summed E-state index contributed by atoms with van der Waals surface area (Å²) in [6.45, 7) is 8.30. The van der Waals surface area contributed by atoms with Crippen molar-refractivity contribution in [1.82, 2.24) is 0 Å². The smallest absolute Gasteiger partial charge is 0.322 e. The van der Waals surface area contributed by atoms with E-state index < -0.39 is 17.6 Å². The van der Waals surface area contributed by atoms with Crippen LogP contribution >= 0.6 is 11.3 Å². The lowest BCUT2D eigenvalue weighted by atomic mass is 9.72. The van der Waals surface area contributed by atoms with E-state index in [4.69, 9.17) is 0 Å². The molecule has 0 bridgehead atoms. The fraction of sp³-hybridized carbons (Fsp3) is 0.478. The lowest BCUT2D eigenvalue weighted by Crippen LogP contribution is -2.27. The van der Waals surface area contributed by atoms with Crippen LogP contribution in [0.25, 0.3) is 0 Å². The van der Waals surface area contributed by atoms with Crippen LogP contribution in [0.5, 0.6) is 0 Å². The van der Waals surface area contributed by atoms with Crippen molar-refractivity contribution in [3.8, 4) is 0 Å². The minimum atomic E-state index is -4.50. The van der Waals surface area contributed by atoms with E-state index >= 15 is 0 Å². The molecule has 1 aliphatic rings. The van der Waals surface area contributed by atoms with E-state index in [1.54, 1.807) is 6.92 Å². The summed E-state index contributed by atoms with van der Waals surface area (Å²) in [5.41, 5.74) is 0.614. The highest BCUT2D eigenvalue weighted by Crippen LogP contribution is 2.44. The van der Waals surface area contributed by atoms with Crippen LogP contribution in [-0.4, -0.2) is 11.8 Å². The fourth-order valence-electron chi connectivity index (χ4n) is 3.84. The maximum atomic E-state index is 13.1. The third-order valence-electron chi connectivity index (χ3n) is 5.74. The van der Waals surface area contributed by atoms with Crippen molar-refractivity contribution in [3.63, 3.8) is 0 Å².